The van der Waals surface area contributed by atoms with Crippen molar-refractivity contribution in [2.24, 2.45) is 10.9 Å². The number of hydrogen-bond acceptors (Lipinski definition) is 4. The molecule has 9 heteroatoms. The second-order valence-corrected chi connectivity index (χ2v) is 9.67. The predicted molar refractivity (Wildman–Crippen MR) is 135 cm³/mol. The minimum Gasteiger partial charge on any atom is -0.380 e. The van der Waals surface area contributed by atoms with Crippen molar-refractivity contribution in [1.29, 1.82) is 0 Å². The Morgan fingerprint density at radius 3 is 2.27 bits per heavy atom. The average molecular weight is 555 g/mol. The molecule has 0 aliphatic carbocycles. The minimum atomic E-state index is -3.46. The highest BCUT2D eigenvalue weighted by molar-refractivity contribution is 14.0. The van der Waals surface area contributed by atoms with Crippen molar-refractivity contribution in [2.75, 3.05) is 33.4 Å². The molecule has 0 aromatic heterocycles. The van der Waals surface area contributed by atoms with Gasteiger partial charge in [0.15, 0.2) is 5.96 Å². The zero-order valence-electron chi connectivity index (χ0n) is 19.1. The molecule has 1 aromatic carbocycles. The molecule has 0 saturated heterocycles. The first kappa shape index (κ1) is 29.1. The van der Waals surface area contributed by atoms with Crippen LogP contribution in [0.4, 0.5) is 0 Å². The second-order valence-electron chi connectivity index (χ2n) is 7.68. The quantitative estimate of drug-likeness (QED) is 0.179. The van der Waals surface area contributed by atoms with E-state index < -0.39 is 10.0 Å². The lowest BCUT2D eigenvalue weighted by atomic mass is 10.1. The Hall–Kier alpha value is -0.910. The van der Waals surface area contributed by atoms with Gasteiger partial charge in [-0.05, 0) is 50.8 Å². The standard InChI is InChI=1S/C21H38N4O3S.HI/c1-7-22-21(23-13-15-28-14-12-17(2)3)24-16-19-8-10-20(11-9-19)29(26,27)25(6)18(4)5;/h8-11,17-18H,7,12-16H2,1-6H3,(H2,22,23,24);1H. The molecule has 0 fully saturated rings. The summed E-state index contributed by atoms with van der Waals surface area (Å²) >= 11 is 0. The zero-order valence-corrected chi connectivity index (χ0v) is 22.3. The van der Waals surface area contributed by atoms with Crippen molar-refractivity contribution >= 4 is 40.0 Å². The highest BCUT2D eigenvalue weighted by Crippen LogP contribution is 2.17. The van der Waals surface area contributed by atoms with Crippen molar-refractivity contribution in [1.82, 2.24) is 14.9 Å². The third-order valence-corrected chi connectivity index (χ3v) is 6.52. The van der Waals surface area contributed by atoms with Gasteiger partial charge in [0.2, 0.25) is 10.0 Å². The van der Waals surface area contributed by atoms with Crippen LogP contribution in [0.5, 0.6) is 0 Å². The fourth-order valence-electron chi connectivity index (χ4n) is 2.39. The van der Waals surface area contributed by atoms with Gasteiger partial charge in [-0.25, -0.2) is 13.4 Å². The third kappa shape index (κ3) is 10.4. The summed E-state index contributed by atoms with van der Waals surface area (Å²) in [5, 5.41) is 6.46. The molecule has 0 amide bonds. The van der Waals surface area contributed by atoms with Crippen LogP contribution >= 0.6 is 24.0 Å². The normalized spacial score (nSPS) is 12.4. The molecular formula is C21H39IN4O3S. The Bertz CT molecular complexity index is 722. The number of sulfonamides is 1. The maximum Gasteiger partial charge on any atom is 0.243 e. The number of hydrogen-bond donors (Lipinski definition) is 2. The summed E-state index contributed by atoms with van der Waals surface area (Å²) in [5.41, 5.74) is 0.946. The van der Waals surface area contributed by atoms with Gasteiger partial charge in [-0.1, -0.05) is 26.0 Å². The van der Waals surface area contributed by atoms with E-state index in [2.05, 4.69) is 29.5 Å². The Labute approximate surface area is 200 Å². The van der Waals surface area contributed by atoms with E-state index in [0.29, 0.717) is 30.5 Å². The molecule has 0 heterocycles. The van der Waals surface area contributed by atoms with E-state index in [1.54, 1.807) is 19.2 Å². The number of halogens is 1. The molecule has 0 aliphatic rings. The summed E-state index contributed by atoms with van der Waals surface area (Å²) < 4.78 is 32.0. The number of guanidine groups is 1. The summed E-state index contributed by atoms with van der Waals surface area (Å²) in [6.45, 7) is 13.4. The Morgan fingerprint density at radius 2 is 1.73 bits per heavy atom. The summed E-state index contributed by atoms with van der Waals surface area (Å²) in [7, 11) is -1.86. The van der Waals surface area contributed by atoms with E-state index in [-0.39, 0.29) is 30.0 Å². The highest BCUT2D eigenvalue weighted by Gasteiger charge is 2.22. The van der Waals surface area contributed by atoms with Crippen LogP contribution in [-0.2, 0) is 21.3 Å². The molecule has 1 aromatic rings. The Balaban J connectivity index is 0.00000841. The van der Waals surface area contributed by atoms with Gasteiger partial charge in [-0.3, -0.25) is 0 Å². The number of aliphatic imine (C=N–C) groups is 1. The lowest BCUT2D eigenvalue weighted by Gasteiger charge is -2.21. The van der Waals surface area contributed by atoms with Crippen LogP contribution in [-0.4, -0.2) is 58.1 Å². The molecule has 1 rings (SSSR count). The molecule has 0 radical (unpaired) electrons. The van der Waals surface area contributed by atoms with Crippen LogP contribution in [0.25, 0.3) is 0 Å². The molecule has 0 spiro atoms. The monoisotopic (exact) mass is 554 g/mol. The first-order valence-corrected chi connectivity index (χ1v) is 11.8. The van der Waals surface area contributed by atoms with Crippen molar-refractivity contribution in [3.05, 3.63) is 29.8 Å². The van der Waals surface area contributed by atoms with Gasteiger partial charge in [-0.2, -0.15) is 4.31 Å². The van der Waals surface area contributed by atoms with Crippen molar-refractivity contribution in [3.8, 4) is 0 Å². The lowest BCUT2D eigenvalue weighted by Crippen LogP contribution is -2.39. The van der Waals surface area contributed by atoms with Gasteiger partial charge >= 0.3 is 0 Å². The van der Waals surface area contributed by atoms with Crippen LogP contribution in [0.1, 0.15) is 46.6 Å². The van der Waals surface area contributed by atoms with Crippen molar-refractivity contribution in [2.45, 2.75) is 58.5 Å². The van der Waals surface area contributed by atoms with Crippen LogP contribution < -0.4 is 10.6 Å². The van der Waals surface area contributed by atoms with Crippen LogP contribution in [0.2, 0.25) is 0 Å². The number of nitrogens with zero attached hydrogens (tertiary/aromatic N) is 2. The summed E-state index contributed by atoms with van der Waals surface area (Å²) in [6.07, 6.45) is 1.06. The molecule has 30 heavy (non-hydrogen) atoms. The topological polar surface area (TPSA) is 83.0 Å². The van der Waals surface area contributed by atoms with E-state index >= 15 is 0 Å². The van der Waals surface area contributed by atoms with E-state index in [0.717, 1.165) is 31.1 Å². The third-order valence-electron chi connectivity index (χ3n) is 4.47. The Morgan fingerprint density at radius 1 is 1.10 bits per heavy atom. The van der Waals surface area contributed by atoms with E-state index in [4.69, 9.17) is 4.74 Å². The average Bonchev–Trinajstić information content (AvgIpc) is 2.67. The summed E-state index contributed by atoms with van der Waals surface area (Å²) in [6, 6.07) is 6.81. The molecule has 0 aliphatic heterocycles. The lowest BCUT2D eigenvalue weighted by molar-refractivity contribution is 0.128. The summed E-state index contributed by atoms with van der Waals surface area (Å²) in [5.74, 6) is 1.37. The molecule has 0 unspecified atom stereocenters. The second kappa shape index (κ2) is 15.0. The molecular weight excluding hydrogens is 515 g/mol. The van der Waals surface area contributed by atoms with Gasteiger partial charge < -0.3 is 15.4 Å². The van der Waals surface area contributed by atoms with Crippen LogP contribution in [0.15, 0.2) is 34.2 Å². The summed E-state index contributed by atoms with van der Waals surface area (Å²) in [4.78, 5) is 4.86. The van der Waals surface area contributed by atoms with Gasteiger partial charge in [0, 0.05) is 32.8 Å². The first-order valence-electron chi connectivity index (χ1n) is 10.3. The van der Waals surface area contributed by atoms with Gasteiger partial charge in [-0.15, -0.1) is 24.0 Å². The van der Waals surface area contributed by atoms with Gasteiger partial charge in [0.05, 0.1) is 18.0 Å². The SMILES string of the molecule is CCNC(=NCc1ccc(S(=O)(=O)N(C)C(C)C)cc1)NCCOCCC(C)C.I. The number of nitrogens with one attached hydrogen (secondary N) is 2. The maximum atomic E-state index is 12.5. The zero-order chi connectivity index (χ0) is 21.9. The predicted octanol–water partition coefficient (Wildman–Crippen LogP) is 3.45. The fourth-order valence-corrected chi connectivity index (χ4v) is 3.75. The smallest absolute Gasteiger partial charge is 0.243 e. The molecule has 7 nitrogen and oxygen atoms in total. The highest BCUT2D eigenvalue weighted by atomic mass is 127. The van der Waals surface area contributed by atoms with E-state index in [1.807, 2.05) is 32.9 Å². The molecule has 0 bridgehead atoms. The maximum absolute atomic E-state index is 12.5. The van der Waals surface area contributed by atoms with Crippen molar-refractivity contribution in [3.63, 3.8) is 0 Å². The number of rotatable bonds is 12. The molecule has 0 saturated carbocycles. The largest absolute Gasteiger partial charge is 0.380 e. The van der Waals surface area contributed by atoms with Gasteiger partial charge in [0.1, 0.15) is 0 Å². The van der Waals surface area contributed by atoms with Gasteiger partial charge in [0.25, 0.3) is 0 Å². The first-order chi connectivity index (χ1) is 13.7. The molecule has 0 atom stereocenters. The fraction of sp³-hybridized carbons (Fsp3) is 0.667. The minimum absolute atomic E-state index is 0. The van der Waals surface area contributed by atoms with E-state index in [9.17, 15) is 8.42 Å². The van der Waals surface area contributed by atoms with Crippen LogP contribution in [0, 0.1) is 5.92 Å². The van der Waals surface area contributed by atoms with E-state index in [1.165, 1.54) is 4.31 Å². The molecule has 174 valence electrons. The molecule has 2 N–H and O–H groups in total. The van der Waals surface area contributed by atoms with Crippen LogP contribution in [0.3, 0.4) is 0 Å². The van der Waals surface area contributed by atoms with Crippen molar-refractivity contribution < 1.29 is 13.2 Å². The number of ether oxygens (including phenoxy) is 1. The Kier molecular flexibility index (Phi) is 14.5. The number of benzene rings is 1.